The van der Waals surface area contributed by atoms with Crippen LogP contribution in [-0.4, -0.2) is 32.3 Å². The topological polar surface area (TPSA) is 56.8 Å². The molecule has 0 saturated carbocycles. The number of nitrogens with one attached hydrogen (secondary N) is 1. The summed E-state index contributed by atoms with van der Waals surface area (Å²) in [5, 5.41) is 2.95. The predicted molar refractivity (Wildman–Crippen MR) is 111 cm³/mol. The van der Waals surface area contributed by atoms with Gasteiger partial charge in [0.15, 0.2) is 17.6 Å². The summed E-state index contributed by atoms with van der Waals surface area (Å²) in [4.78, 5) is 12.3. The van der Waals surface area contributed by atoms with E-state index in [-0.39, 0.29) is 5.91 Å². The highest BCUT2D eigenvalue weighted by atomic mass is 16.5. The summed E-state index contributed by atoms with van der Waals surface area (Å²) in [5.41, 5.74) is 3.36. The Kier molecular flexibility index (Phi) is 8.18. The molecular formula is C23H31NO4. The number of carbonyl (C=O) groups excluding carboxylic acids is 1. The highest BCUT2D eigenvalue weighted by molar-refractivity contribution is 5.80. The predicted octanol–water partition coefficient (Wildman–Crippen LogP) is 4.23. The Balaban J connectivity index is 1.79. The lowest BCUT2D eigenvalue weighted by Crippen LogP contribution is -2.37. The summed E-state index contributed by atoms with van der Waals surface area (Å²) in [6.45, 7) is 8.94. The SMILES string of the molecule is CCOc1ccc(CCCNC(=O)[C@@H](C)Oc2cccc(C)c2C)cc1OC. The van der Waals surface area contributed by atoms with Crippen LogP contribution >= 0.6 is 0 Å². The van der Waals surface area contributed by atoms with Crippen molar-refractivity contribution in [3.05, 3.63) is 53.1 Å². The lowest BCUT2D eigenvalue weighted by atomic mass is 10.1. The number of ether oxygens (including phenoxy) is 3. The van der Waals surface area contributed by atoms with E-state index < -0.39 is 6.10 Å². The smallest absolute Gasteiger partial charge is 0.260 e. The molecule has 0 saturated heterocycles. The highest BCUT2D eigenvalue weighted by Crippen LogP contribution is 2.28. The van der Waals surface area contributed by atoms with E-state index in [0.717, 1.165) is 46.8 Å². The Labute approximate surface area is 168 Å². The second kappa shape index (κ2) is 10.6. The molecule has 0 radical (unpaired) electrons. The van der Waals surface area contributed by atoms with Crippen molar-refractivity contribution in [2.45, 2.75) is 46.6 Å². The summed E-state index contributed by atoms with van der Waals surface area (Å²) >= 11 is 0. The molecule has 2 aromatic rings. The molecular weight excluding hydrogens is 354 g/mol. The normalized spacial score (nSPS) is 11.6. The maximum Gasteiger partial charge on any atom is 0.260 e. The van der Waals surface area contributed by atoms with Gasteiger partial charge in [-0.25, -0.2) is 0 Å². The van der Waals surface area contributed by atoms with E-state index in [1.807, 2.05) is 57.2 Å². The van der Waals surface area contributed by atoms with Gasteiger partial charge in [-0.2, -0.15) is 0 Å². The van der Waals surface area contributed by atoms with Gasteiger partial charge in [0.05, 0.1) is 13.7 Å². The molecule has 0 fully saturated rings. The number of aryl methyl sites for hydroxylation is 2. The minimum Gasteiger partial charge on any atom is -0.493 e. The Morgan fingerprint density at radius 1 is 1.11 bits per heavy atom. The summed E-state index contributed by atoms with van der Waals surface area (Å²) in [7, 11) is 1.64. The zero-order valence-electron chi connectivity index (χ0n) is 17.5. The minimum atomic E-state index is -0.536. The van der Waals surface area contributed by atoms with E-state index in [1.165, 1.54) is 0 Å². The first-order chi connectivity index (χ1) is 13.5. The molecule has 28 heavy (non-hydrogen) atoms. The summed E-state index contributed by atoms with van der Waals surface area (Å²) in [6.07, 6.45) is 1.14. The van der Waals surface area contributed by atoms with Crippen LogP contribution in [0.2, 0.25) is 0 Å². The van der Waals surface area contributed by atoms with Crippen molar-refractivity contribution >= 4 is 5.91 Å². The van der Waals surface area contributed by atoms with Gasteiger partial charge in [-0.15, -0.1) is 0 Å². The fourth-order valence-electron chi connectivity index (χ4n) is 2.89. The molecule has 0 aliphatic rings. The van der Waals surface area contributed by atoms with Gasteiger partial charge in [-0.1, -0.05) is 18.2 Å². The van der Waals surface area contributed by atoms with Crippen molar-refractivity contribution in [3.8, 4) is 17.2 Å². The highest BCUT2D eigenvalue weighted by Gasteiger charge is 2.15. The first-order valence-electron chi connectivity index (χ1n) is 9.76. The van der Waals surface area contributed by atoms with Gasteiger partial charge in [-0.3, -0.25) is 4.79 Å². The number of hydrogen-bond donors (Lipinski definition) is 1. The van der Waals surface area contributed by atoms with E-state index in [4.69, 9.17) is 14.2 Å². The van der Waals surface area contributed by atoms with Crippen molar-refractivity contribution in [1.29, 1.82) is 0 Å². The monoisotopic (exact) mass is 385 g/mol. The van der Waals surface area contributed by atoms with Crippen LogP contribution in [0.1, 0.15) is 37.0 Å². The summed E-state index contributed by atoms with van der Waals surface area (Å²) in [6, 6.07) is 11.8. The van der Waals surface area contributed by atoms with Crippen LogP contribution in [0.4, 0.5) is 0 Å². The van der Waals surface area contributed by atoms with Crippen molar-refractivity contribution in [1.82, 2.24) is 5.32 Å². The largest absolute Gasteiger partial charge is 0.493 e. The molecule has 152 valence electrons. The average Bonchev–Trinajstić information content (AvgIpc) is 2.69. The standard InChI is InChI=1S/C23H31NO4/c1-6-27-21-13-12-19(15-22(21)26-5)10-8-14-24-23(25)18(4)28-20-11-7-9-16(2)17(20)3/h7,9,11-13,15,18H,6,8,10,14H2,1-5H3,(H,24,25)/t18-/m1/s1. The number of hydrogen-bond acceptors (Lipinski definition) is 4. The number of rotatable bonds is 10. The van der Waals surface area contributed by atoms with Crippen LogP contribution in [0.5, 0.6) is 17.2 Å². The third kappa shape index (κ3) is 5.91. The van der Waals surface area contributed by atoms with E-state index >= 15 is 0 Å². The number of benzene rings is 2. The summed E-state index contributed by atoms with van der Waals surface area (Å²) < 4.78 is 16.7. The summed E-state index contributed by atoms with van der Waals surface area (Å²) in [5.74, 6) is 2.13. The third-order valence-electron chi connectivity index (χ3n) is 4.70. The molecule has 0 unspecified atom stereocenters. The average molecular weight is 386 g/mol. The van der Waals surface area contributed by atoms with Crippen LogP contribution in [0.15, 0.2) is 36.4 Å². The zero-order valence-corrected chi connectivity index (χ0v) is 17.5. The molecule has 1 amide bonds. The van der Waals surface area contributed by atoms with E-state index in [0.29, 0.717) is 13.2 Å². The Morgan fingerprint density at radius 2 is 1.89 bits per heavy atom. The van der Waals surface area contributed by atoms with Gasteiger partial charge in [-0.05, 0) is 75.4 Å². The van der Waals surface area contributed by atoms with Crippen LogP contribution in [0.3, 0.4) is 0 Å². The van der Waals surface area contributed by atoms with E-state index in [1.54, 1.807) is 14.0 Å². The lowest BCUT2D eigenvalue weighted by molar-refractivity contribution is -0.127. The van der Waals surface area contributed by atoms with Crippen LogP contribution in [0.25, 0.3) is 0 Å². The number of carbonyl (C=O) groups is 1. The van der Waals surface area contributed by atoms with Crippen molar-refractivity contribution < 1.29 is 19.0 Å². The van der Waals surface area contributed by atoms with E-state index in [9.17, 15) is 4.79 Å². The molecule has 2 rings (SSSR count). The van der Waals surface area contributed by atoms with Gasteiger partial charge in [0.25, 0.3) is 5.91 Å². The Bertz CT molecular complexity index is 788. The third-order valence-corrected chi connectivity index (χ3v) is 4.70. The molecule has 0 aromatic heterocycles. The molecule has 1 N–H and O–H groups in total. The van der Waals surface area contributed by atoms with Crippen LogP contribution in [-0.2, 0) is 11.2 Å². The maximum atomic E-state index is 12.3. The molecule has 0 bridgehead atoms. The van der Waals surface area contributed by atoms with Gasteiger partial charge in [0.1, 0.15) is 5.75 Å². The molecule has 0 aliphatic carbocycles. The Hall–Kier alpha value is -2.69. The molecule has 1 atom stereocenters. The van der Waals surface area contributed by atoms with Crippen molar-refractivity contribution in [3.63, 3.8) is 0 Å². The fourth-order valence-corrected chi connectivity index (χ4v) is 2.89. The second-order valence-electron chi connectivity index (χ2n) is 6.77. The fraction of sp³-hybridized carbons (Fsp3) is 0.435. The first kappa shape index (κ1) is 21.6. The van der Waals surface area contributed by atoms with Gasteiger partial charge >= 0.3 is 0 Å². The van der Waals surface area contributed by atoms with Gasteiger partial charge < -0.3 is 19.5 Å². The van der Waals surface area contributed by atoms with Crippen molar-refractivity contribution in [2.75, 3.05) is 20.3 Å². The number of methoxy groups -OCH3 is 1. The molecule has 5 nitrogen and oxygen atoms in total. The van der Waals surface area contributed by atoms with Crippen LogP contribution in [0, 0.1) is 13.8 Å². The number of amides is 1. The van der Waals surface area contributed by atoms with Crippen LogP contribution < -0.4 is 19.5 Å². The molecule has 0 spiro atoms. The first-order valence-corrected chi connectivity index (χ1v) is 9.76. The molecule has 5 heteroatoms. The quantitative estimate of drug-likeness (QED) is 0.622. The van der Waals surface area contributed by atoms with Gasteiger partial charge in [0, 0.05) is 6.54 Å². The maximum absolute atomic E-state index is 12.3. The minimum absolute atomic E-state index is 0.106. The van der Waals surface area contributed by atoms with E-state index in [2.05, 4.69) is 5.32 Å². The molecule has 2 aromatic carbocycles. The molecule has 0 heterocycles. The van der Waals surface area contributed by atoms with Crippen molar-refractivity contribution in [2.24, 2.45) is 0 Å². The molecule has 0 aliphatic heterocycles. The second-order valence-corrected chi connectivity index (χ2v) is 6.77. The zero-order chi connectivity index (χ0) is 20.5. The van der Waals surface area contributed by atoms with Gasteiger partial charge in [0.2, 0.25) is 0 Å². The Morgan fingerprint density at radius 3 is 2.61 bits per heavy atom. The lowest BCUT2D eigenvalue weighted by Gasteiger charge is -2.17.